The average Bonchev–Trinajstić information content (AvgIpc) is 2.73. The fourth-order valence-corrected chi connectivity index (χ4v) is 3.21. The van der Waals surface area contributed by atoms with Gasteiger partial charge in [0.1, 0.15) is 0 Å². The highest BCUT2D eigenvalue weighted by Crippen LogP contribution is 2.14. The van der Waals surface area contributed by atoms with Crippen LogP contribution in [0.25, 0.3) is 0 Å². The van der Waals surface area contributed by atoms with Gasteiger partial charge in [0.2, 0.25) is 0 Å². The van der Waals surface area contributed by atoms with Crippen molar-refractivity contribution in [2.45, 2.75) is 57.7 Å². The Balaban J connectivity index is 1.84. The second-order valence-corrected chi connectivity index (χ2v) is 6.49. The smallest absolute Gasteiger partial charge is 0.0587 e. The molecule has 0 radical (unpaired) electrons. The van der Waals surface area contributed by atoms with Crippen LogP contribution in [-0.4, -0.2) is 47.8 Å². The van der Waals surface area contributed by atoms with E-state index in [4.69, 9.17) is 0 Å². The third-order valence-electron chi connectivity index (χ3n) is 4.51. The van der Waals surface area contributed by atoms with Crippen molar-refractivity contribution in [3.8, 4) is 0 Å². The van der Waals surface area contributed by atoms with Crippen molar-refractivity contribution in [3.63, 3.8) is 0 Å². The van der Waals surface area contributed by atoms with E-state index in [1.54, 1.807) is 0 Å². The van der Waals surface area contributed by atoms with E-state index in [0.29, 0.717) is 12.1 Å². The monoisotopic (exact) mass is 290 g/mol. The van der Waals surface area contributed by atoms with E-state index in [2.05, 4.69) is 48.3 Å². The Bertz CT molecular complexity index is 393. The molecule has 1 aromatic carbocycles. The van der Waals surface area contributed by atoms with Crippen molar-refractivity contribution >= 4 is 0 Å². The molecular formula is C18H30N2O. The quantitative estimate of drug-likeness (QED) is 0.845. The molecule has 3 nitrogen and oxygen atoms in total. The standard InChI is InChI=1S/C18H30N2O/c1-15(2)20-11-6-9-17(10-12-20)19-18(14-21)13-16-7-4-3-5-8-16/h3-5,7-8,15,17-19,21H,6,9-14H2,1-2H3/t17?,18-/m1/s1. The third-order valence-corrected chi connectivity index (χ3v) is 4.51. The predicted molar refractivity (Wildman–Crippen MR) is 88.5 cm³/mol. The van der Waals surface area contributed by atoms with E-state index in [1.807, 2.05) is 6.07 Å². The van der Waals surface area contributed by atoms with Crippen molar-refractivity contribution < 1.29 is 5.11 Å². The molecule has 1 heterocycles. The van der Waals surface area contributed by atoms with Gasteiger partial charge in [0.15, 0.2) is 0 Å². The normalized spacial score (nSPS) is 22.2. The molecule has 1 aromatic rings. The van der Waals surface area contributed by atoms with Crippen molar-refractivity contribution in [3.05, 3.63) is 35.9 Å². The van der Waals surface area contributed by atoms with Gasteiger partial charge >= 0.3 is 0 Å². The number of hydrogen-bond acceptors (Lipinski definition) is 3. The van der Waals surface area contributed by atoms with Crippen LogP contribution in [0.15, 0.2) is 30.3 Å². The van der Waals surface area contributed by atoms with Gasteiger partial charge in [-0.2, -0.15) is 0 Å². The molecule has 2 atom stereocenters. The number of aliphatic hydroxyl groups is 1. The number of likely N-dealkylation sites (tertiary alicyclic amines) is 1. The number of nitrogens with one attached hydrogen (secondary N) is 1. The van der Waals surface area contributed by atoms with E-state index in [0.717, 1.165) is 6.42 Å². The van der Waals surface area contributed by atoms with Crippen LogP contribution >= 0.6 is 0 Å². The highest BCUT2D eigenvalue weighted by molar-refractivity contribution is 5.16. The van der Waals surface area contributed by atoms with Crippen LogP contribution in [-0.2, 0) is 6.42 Å². The number of hydrogen-bond donors (Lipinski definition) is 2. The molecular weight excluding hydrogens is 260 g/mol. The molecule has 0 aromatic heterocycles. The Hall–Kier alpha value is -0.900. The zero-order chi connectivity index (χ0) is 15.1. The molecule has 2 N–H and O–H groups in total. The lowest BCUT2D eigenvalue weighted by Crippen LogP contribution is -2.42. The van der Waals surface area contributed by atoms with Gasteiger partial charge in [-0.1, -0.05) is 30.3 Å². The van der Waals surface area contributed by atoms with Gasteiger partial charge in [0.25, 0.3) is 0 Å². The second kappa shape index (κ2) is 8.52. The molecule has 118 valence electrons. The van der Waals surface area contributed by atoms with Gasteiger partial charge in [0.05, 0.1) is 6.61 Å². The Morgan fingerprint density at radius 3 is 2.62 bits per heavy atom. The molecule has 2 rings (SSSR count). The largest absolute Gasteiger partial charge is 0.395 e. The Morgan fingerprint density at radius 2 is 1.95 bits per heavy atom. The van der Waals surface area contributed by atoms with Gasteiger partial charge in [0, 0.05) is 18.1 Å². The van der Waals surface area contributed by atoms with Crippen molar-refractivity contribution in [1.29, 1.82) is 0 Å². The molecule has 0 bridgehead atoms. The highest BCUT2D eigenvalue weighted by Gasteiger charge is 2.20. The molecule has 1 saturated heterocycles. The number of rotatable bonds is 6. The number of aliphatic hydroxyl groups excluding tert-OH is 1. The second-order valence-electron chi connectivity index (χ2n) is 6.49. The van der Waals surface area contributed by atoms with E-state index in [1.165, 1.54) is 37.9 Å². The molecule has 0 amide bonds. The summed E-state index contributed by atoms with van der Waals surface area (Å²) in [7, 11) is 0. The third kappa shape index (κ3) is 5.42. The summed E-state index contributed by atoms with van der Waals surface area (Å²) in [6.07, 6.45) is 4.55. The lowest BCUT2D eigenvalue weighted by Gasteiger charge is -2.26. The number of benzene rings is 1. The molecule has 1 fully saturated rings. The summed E-state index contributed by atoms with van der Waals surface area (Å²) in [5.41, 5.74) is 1.29. The van der Waals surface area contributed by atoms with E-state index in [9.17, 15) is 5.11 Å². The lowest BCUT2D eigenvalue weighted by atomic mass is 10.0. The van der Waals surface area contributed by atoms with Crippen molar-refractivity contribution in [1.82, 2.24) is 10.2 Å². The van der Waals surface area contributed by atoms with Crippen LogP contribution in [0.2, 0.25) is 0 Å². The van der Waals surface area contributed by atoms with Crippen LogP contribution in [0.1, 0.15) is 38.7 Å². The van der Waals surface area contributed by atoms with Gasteiger partial charge in [-0.3, -0.25) is 0 Å². The van der Waals surface area contributed by atoms with E-state index >= 15 is 0 Å². The van der Waals surface area contributed by atoms with Crippen LogP contribution in [0, 0.1) is 0 Å². The van der Waals surface area contributed by atoms with Gasteiger partial charge < -0.3 is 15.3 Å². The first-order valence-corrected chi connectivity index (χ1v) is 8.34. The predicted octanol–water partition coefficient (Wildman–Crippen LogP) is 2.44. The molecule has 1 aliphatic heterocycles. The zero-order valence-corrected chi connectivity index (χ0v) is 13.5. The van der Waals surface area contributed by atoms with Crippen molar-refractivity contribution in [2.24, 2.45) is 0 Å². The van der Waals surface area contributed by atoms with Crippen LogP contribution < -0.4 is 5.32 Å². The first kappa shape index (κ1) is 16.5. The first-order chi connectivity index (χ1) is 10.2. The molecule has 21 heavy (non-hydrogen) atoms. The maximum atomic E-state index is 9.66. The Morgan fingerprint density at radius 1 is 1.19 bits per heavy atom. The minimum Gasteiger partial charge on any atom is -0.395 e. The molecule has 0 saturated carbocycles. The van der Waals surface area contributed by atoms with Crippen LogP contribution in [0.3, 0.4) is 0 Å². The zero-order valence-electron chi connectivity index (χ0n) is 13.5. The number of nitrogens with zero attached hydrogens (tertiary/aromatic N) is 1. The Labute approximate surface area is 129 Å². The summed E-state index contributed by atoms with van der Waals surface area (Å²) < 4.78 is 0. The Kier molecular flexibility index (Phi) is 6.68. The van der Waals surface area contributed by atoms with E-state index < -0.39 is 0 Å². The SMILES string of the molecule is CC(C)N1CCCC(N[C@@H](CO)Cc2ccccc2)CC1. The minimum atomic E-state index is 0.169. The lowest BCUT2D eigenvalue weighted by molar-refractivity contribution is 0.215. The summed E-state index contributed by atoms with van der Waals surface area (Å²) >= 11 is 0. The highest BCUT2D eigenvalue weighted by atomic mass is 16.3. The fraction of sp³-hybridized carbons (Fsp3) is 0.667. The molecule has 0 spiro atoms. The van der Waals surface area contributed by atoms with Crippen molar-refractivity contribution in [2.75, 3.05) is 19.7 Å². The summed E-state index contributed by atoms with van der Waals surface area (Å²) in [5.74, 6) is 0. The molecule has 1 aliphatic rings. The summed E-state index contributed by atoms with van der Waals surface area (Å²) in [6, 6.07) is 11.8. The topological polar surface area (TPSA) is 35.5 Å². The molecule has 0 aliphatic carbocycles. The summed E-state index contributed by atoms with van der Waals surface area (Å²) in [4.78, 5) is 2.56. The van der Waals surface area contributed by atoms with Crippen LogP contribution in [0.4, 0.5) is 0 Å². The van der Waals surface area contributed by atoms with Gasteiger partial charge in [-0.15, -0.1) is 0 Å². The average molecular weight is 290 g/mol. The molecule has 1 unspecified atom stereocenters. The van der Waals surface area contributed by atoms with Gasteiger partial charge in [-0.25, -0.2) is 0 Å². The first-order valence-electron chi connectivity index (χ1n) is 8.34. The van der Waals surface area contributed by atoms with Gasteiger partial charge in [-0.05, 0) is 58.2 Å². The summed E-state index contributed by atoms with van der Waals surface area (Å²) in [5, 5.41) is 13.3. The maximum Gasteiger partial charge on any atom is 0.0587 e. The minimum absolute atomic E-state index is 0.169. The maximum absolute atomic E-state index is 9.66. The summed E-state index contributed by atoms with van der Waals surface area (Å²) in [6.45, 7) is 7.13. The molecule has 3 heteroatoms. The fourth-order valence-electron chi connectivity index (χ4n) is 3.21. The van der Waals surface area contributed by atoms with E-state index in [-0.39, 0.29) is 12.6 Å². The van der Waals surface area contributed by atoms with Crippen LogP contribution in [0.5, 0.6) is 0 Å².